The van der Waals surface area contributed by atoms with Gasteiger partial charge in [0.05, 0.1) is 25.4 Å². The summed E-state index contributed by atoms with van der Waals surface area (Å²) in [7, 11) is 0. The van der Waals surface area contributed by atoms with Crippen LogP contribution in [-0.2, 0) is 14.3 Å². The van der Waals surface area contributed by atoms with Crippen molar-refractivity contribution in [3.8, 4) is 0 Å². The number of carbonyl (C=O) groups excluding carboxylic acids is 2. The van der Waals surface area contributed by atoms with Crippen LogP contribution in [0.1, 0.15) is 380 Å². The second kappa shape index (κ2) is 64.9. The molecule has 0 rings (SSSR count). The Bertz CT molecular complexity index is 1170. The predicted octanol–water partition coefficient (Wildman–Crippen LogP) is 21.8. The van der Waals surface area contributed by atoms with Gasteiger partial charge in [-0.1, -0.05) is 314 Å². The third kappa shape index (κ3) is 61.4. The van der Waals surface area contributed by atoms with E-state index in [0.29, 0.717) is 25.9 Å². The van der Waals surface area contributed by atoms with Crippen LogP contribution in [0.5, 0.6) is 0 Å². The topological polar surface area (TPSA) is 95.9 Å². The van der Waals surface area contributed by atoms with Crippen LogP contribution in [0.15, 0.2) is 24.3 Å². The maximum Gasteiger partial charge on any atom is 0.305 e. The van der Waals surface area contributed by atoms with E-state index >= 15 is 0 Å². The number of allylic oxidation sites excluding steroid dienone is 4. The second-order valence-electron chi connectivity index (χ2n) is 23.5. The van der Waals surface area contributed by atoms with E-state index in [1.54, 1.807) is 0 Å². The Kier molecular flexibility index (Phi) is 63.4. The lowest BCUT2D eigenvalue weighted by molar-refractivity contribution is -0.143. The highest BCUT2D eigenvalue weighted by molar-refractivity contribution is 5.76. The normalized spacial score (nSPS) is 12.6. The molecule has 0 fully saturated rings. The Hall–Kier alpha value is -1.66. The van der Waals surface area contributed by atoms with Crippen molar-refractivity contribution in [3.63, 3.8) is 0 Å². The number of hydrogen-bond donors (Lipinski definition) is 3. The summed E-state index contributed by atoms with van der Waals surface area (Å²) < 4.78 is 5.49. The van der Waals surface area contributed by atoms with Crippen molar-refractivity contribution in [1.82, 2.24) is 5.32 Å². The third-order valence-corrected chi connectivity index (χ3v) is 16.0. The molecule has 75 heavy (non-hydrogen) atoms. The van der Waals surface area contributed by atoms with Crippen LogP contribution in [0.2, 0.25) is 0 Å². The molecule has 0 aliphatic carbocycles. The van der Waals surface area contributed by atoms with Crippen molar-refractivity contribution in [1.29, 1.82) is 0 Å². The van der Waals surface area contributed by atoms with Crippen LogP contribution in [0.25, 0.3) is 0 Å². The molecule has 2 unspecified atom stereocenters. The van der Waals surface area contributed by atoms with E-state index in [-0.39, 0.29) is 18.5 Å². The molecule has 0 aromatic carbocycles. The Labute approximate surface area is 469 Å². The molecule has 0 heterocycles. The molecule has 6 heteroatoms. The maximum atomic E-state index is 12.5. The molecule has 3 N–H and O–H groups in total. The first-order valence-electron chi connectivity index (χ1n) is 34.1. The van der Waals surface area contributed by atoms with Gasteiger partial charge in [0, 0.05) is 12.8 Å². The lowest BCUT2D eigenvalue weighted by Crippen LogP contribution is -2.45. The van der Waals surface area contributed by atoms with Gasteiger partial charge in [0.2, 0.25) is 5.91 Å². The molecule has 0 saturated carbocycles. The average Bonchev–Trinajstić information content (AvgIpc) is 3.41. The monoisotopic (exact) mass is 1060 g/mol. The number of hydrogen-bond acceptors (Lipinski definition) is 5. The minimum atomic E-state index is -0.670. The highest BCUT2D eigenvalue weighted by Crippen LogP contribution is 2.18. The minimum absolute atomic E-state index is 0.00341. The summed E-state index contributed by atoms with van der Waals surface area (Å²) in [6, 6.07) is -0.547. The van der Waals surface area contributed by atoms with E-state index in [2.05, 4.69) is 43.5 Å². The van der Waals surface area contributed by atoms with Crippen LogP contribution < -0.4 is 5.32 Å². The molecule has 0 aliphatic rings. The van der Waals surface area contributed by atoms with E-state index in [0.717, 1.165) is 44.9 Å². The van der Waals surface area contributed by atoms with Gasteiger partial charge in [0.1, 0.15) is 0 Å². The molecular formula is C69H133NO5. The molecular weight excluding hydrogens is 923 g/mol. The third-order valence-electron chi connectivity index (χ3n) is 16.0. The maximum absolute atomic E-state index is 12.5. The van der Waals surface area contributed by atoms with Gasteiger partial charge in [-0.15, -0.1) is 0 Å². The van der Waals surface area contributed by atoms with Crippen LogP contribution in [-0.4, -0.2) is 47.4 Å². The molecule has 0 saturated heterocycles. The number of carbonyl (C=O) groups is 2. The zero-order valence-corrected chi connectivity index (χ0v) is 50.8. The number of esters is 1. The number of rotatable bonds is 64. The van der Waals surface area contributed by atoms with Crippen molar-refractivity contribution in [2.75, 3.05) is 13.2 Å². The first-order chi connectivity index (χ1) is 37.0. The lowest BCUT2D eigenvalue weighted by Gasteiger charge is -2.22. The van der Waals surface area contributed by atoms with Gasteiger partial charge in [0.25, 0.3) is 0 Å². The molecule has 444 valence electrons. The number of nitrogens with one attached hydrogen (secondary N) is 1. The largest absolute Gasteiger partial charge is 0.466 e. The highest BCUT2D eigenvalue weighted by Gasteiger charge is 2.20. The molecule has 1 amide bonds. The molecule has 0 aromatic heterocycles. The van der Waals surface area contributed by atoms with E-state index < -0.39 is 12.1 Å². The smallest absolute Gasteiger partial charge is 0.305 e. The first-order valence-corrected chi connectivity index (χ1v) is 34.1. The minimum Gasteiger partial charge on any atom is -0.466 e. The zero-order chi connectivity index (χ0) is 54.3. The predicted molar refractivity (Wildman–Crippen MR) is 329 cm³/mol. The summed E-state index contributed by atoms with van der Waals surface area (Å²) in [4.78, 5) is 24.6. The summed E-state index contributed by atoms with van der Waals surface area (Å²) in [5, 5.41) is 23.4. The fourth-order valence-corrected chi connectivity index (χ4v) is 10.7. The fourth-order valence-electron chi connectivity index (χ4n) is 10.7. The van der Waals surface area contributed by atoms with Crippen LogP contribution >= 0.6 is 0 Å². The van der Waals surface area contributed by atoms with Crippen LogP contribution in [0, 0.1) is 0 Å². The summed E-state index contributed by atoms with van der Waals surface area (Å²) in [5.41, 5.74) is 0. The Morgan fingerprint density at radius 2 is 0.627 bits per heavy atom. The van der Waals surface area contributed by atoms with Crippen molar-refractivity contribution in [2.45, 2.75) is 392 Å². The molecule has 6 nitrogen and oxygen atoms in total. The number of ether oxygens (including phenoxy) is 1. The molecule has 0 spiro atoms. The average molecular weight is 1060 g/mol. The number of amides is 1. The van der Waals surface area contributed by atoms with Crippen molar-refractivity contribution in [2.24, 2.45) is 0 Å². The summed E-state index contributed by atoms with van der Waals surface area (Å²) in [6.07, 6.45) is 80.6. The summed E-state index contributed by atoms with van der Waals surface area (Å²) in [6.45, 7) is 4.97. The molecule has 0 bridgehead atoms. The Balaban J connectivity index is 3.41. The van der Waals surface area contributed by atoms with Gasteiger partial charge in [-0.05, 0) is 77.0 Å². The van der Waals surface area contributed by atoms with Crippen molar-refractivity contribution >= 4 is 11.9 Å². The van der Waals surface area contributed by atoms with Gasteiger partial charge in [-0.3, -0.25) is 9.59 Å². The summed E-state index contributed by atoms with van der Waals surface area (Å²) >= 11 is 0. The van der Waals surface area contributed by atoms with Crippen molar-refractivity contribution < 1.29 is 24.5 Å². The van der Waals surface area contributed by atoms with Gasteiger partial charge < -0.3 is 20.3 Å². The first kappa shape index (κ1) is 73.3. The zero-order valence-electron chi connectivity index (χ0n) is 50.8. The highest BCUT2D eigenvalue weighted by atomic mass is 16.5. The summed E-state index contributed by atoms with van der Waals surface area (Å²) in [5.74, 6) is -0.0349. The molecule has 2 atom stereocenters. The van der Waals surface area contributed by atoms with E-state index in [9.17, 15) is 19.8 Å². The van der Waals surface area contributed by atoms with Gasteiger partial charge >= 0.3 is 5.97 Å². The van der Waals surface area contributed by atoms with Crippen LogP contribution in [0.4, 0.5) is 0 Å². The Morgan fingerprint density at radius 3 is 0.947 bits per heavy atom. The van der Waals surface area contributed by atoms with Gasteiger partial charge in [-0.25, -0.2) is 0 Å². The molecule has 0 aromatic rings. The Morgan fingerprint density at radius 1 is 0.360 bits per heavy atom. The van der Waals surface area contributed by atoms with E-state index in [1.165, 1.54) is 302 Å². The van der Waals surface area contributed by atoms with Crippen molar-refractivity contribution in [3.05, 3.63) is 24.3 Å². The lowest BCUT2D eigenvalue weighted by atomic mass is 10.0. The standard InChI is InChI=1S/C69H133NO5/c1-3-5-7-9-11-13-15-17-19-21-22-27-30-33-37-41-45-49-53-57-61-67(72)66(65-71)70-68(73)62-58-54-50-46-42-38-34-31-28-25-23-24-26-29-32-36-40-44-48-52-56-60-64-75-69(74)63-59-55-51-47-43-39-35-20-18-16-14-12-10-8-6-4-2/h20,25,28,35,66-67,71-72H,3-19,21-24,26-27,29-34,36-65H2,1-2H3,(H,70,73)/b28-25-,35-20-. The van der Waals surface area contributed by atoms with E-state index in [4.69, 9.17) is 4.74 Å². The quantitative estimate of drug-likeness (QED) is 0.0320. The SMILES string of the molecule is CCCCCCCCC/C=C\CCCCCCCC(=O)OCCCCCCCCCCCCC/C=C\CCCCCCCCCC(=O)NC(CO)C(O)CCCCCCCCCCCCCCCCCCCCCC. The number of unbranched alkanes of at least 4 members (excludes halogenated alkanes) is 49. The van der Waals surface area contributed by atoms with Gasteiger partial charge in [-0.2, -0.15) is 0 Å². The fraction of sp³-hybridized carbons (Fsp3) is 0.913. The number of aliphatic hydroxyl groups is 2. The number of aliphatic hydroxyl groups excluding tert-OH is 2. The second-order valence-corrected chi connectivity index (χ2v) is 23.5. The van der Waals surface area contributed by atoms with Crippen LogP contribution in [0.3, 0.4) is 0 Å². The molecule has 0 radical (unpaired) electrons. The van der Waals surface area contributed by atoms with E-state index in [1.807, 2.05) is 0 Å². The molecule has 0 aliphatic heterocycles. The van der Waals surface area contributed by atoms with Gasteiger partial charge in [0.15, 0.2) is 0 Å².